The molecule has 0 amide bonds. The largest absolute Gasteiger partial charge is 0.497 e. The van der Waals surface area contributed by atoms with E-state index in [1.165, 1.54) is 31.2 Å². The van der Waals surface area contributed by atoms with Gasteiger partial charge in [-0.05, 0) is 44.7 Å². The van der Waals surface area contributed by atoms with Crippen molar-refractivity contribution in [2.24, 2.45) is 0 Å². The minimum Gasteiger partial charge on any atom is -0.497 e. The lowest BCUT2D eigenvalue weighted by molar-refractivity contribution is 0.206. The quantitative estimate of drug-likeness (QED) is 0.764. The molecule has 0 radical (unpaired) electrons. The third-order valence-electron chi connectivity index (χ3n) is 3.61. The van der Waals surface area contributed by atoms with Gasteiger partial charge in [-0.25, -0.2) is 0 Å². The molecule has 3 nitrogen and oxygen atoms in total. The number of nitrogens with one attached hydrogen (secondary N) is 1. The van der Waals surface area contributed by atoms with Crippen LogP contribution in [-0.2, 0) is 6.54 Å². The van der Waals surface area contributed by atoms with E-state index in [1.807, 2.05) is 12.1 Å². The second-order valence-electron chi connectivity index (χ2n) is 5.17. The van der Waals surface area contributed by atoms with E-state index in [2.05, 4.69) is 18.3 Å². The van der Waals surface area contributed by atoms with Crippen molar-refractivity contribution in [2.45, 2.75) is 51.7 Å². The topological polar surface area (TPSA) is 30.5 Å². The van der Waals surface area contributed by atoms with Gasteiger partial charge >= 0.3 is 0 Å². The van der Waals surface area contributed by atoms with Crippen molar-refractivity contribution in [2.75, 3.05) is 13.7 Å². The molecule has 1 aromatic carbocycles. The minimum atomic E-state index is 0.386. The van der Waals surface area contributed by atoms with Gasteiger partial charge in [-0.2, -0.15) is 0 Å². The summed E-state index contributed by atoms with van der Waals surface area (Å²) in [5.41, 5.74) is 1.22. The van der Waals surface area contributed by atoms with Gasteiger partial charge in [0.25, 0.3) is 0 Å². The first kappa shape index (κ1) is 14.2. The fraction of sp³-hybridized carbons (Fsp3) is 0.625. The number of ether oxygens (including phenoxy) is 2. The van der Waals surface area contributed by atoms with Gasteiger partial charge in [0.1, 0.15) is 11.5 Å². The van der Waals surface area contributed by atoms with Crippen LogP contribution in [0.1, 0.15) is 44.6 Å². The van der Waals surface area contributed by atoms with Crippen molar-refractivity contribution < 1.29 is 9.47 Å². The predicted molar refractivity (Wildman–Crippen MR) is 77.9 cm³/mol. The fourth-order valence-electron chi connectivity index (χ4n) is 2.50. The van der Waals surface area contributed by atoms with E-state index < -0.39 is 0 Å². The van der Waals surface area contributed by atoms with Gasteiger partial charge in [0.05, 0.1) is 13.2 Å². The lowest BCUT2D eigenvalue weighted by Gasteiger charge is -2.17. The van der Waals surface area contributed by atoms with E-state index >= 15 is 0 Å². The standard InChI is InChI=1S/C16H25NO2/c1-3-10-17-12-13-8-9-15(18-2)11-16(13)19-14-6-4-5-7-14/h8-9,11,14,17H,3-7,10,12H2,1-2H3. The van der Waals surface area contributed by atoms with Crippen LogP contribution in [0.2, 0.25) is 0 Å². The number of hydrogen-bond donors (Lipinski definition) is 1. The number of benzene rings is 1. The molecule has 0 unspecified atom stereocenters. The zero-order valence-electron chi connectivity index (χ0n) is 12.1. The molecule has 106 valence electrons. The van der Waals surface area contributed by atoms with Crippen LogP contribution in [0.25, 0.3) is 0 Å². The van der Waals surface area contributed by atoms with Gasteiger partial charge in [0.2, 0.25) is 0 Å². The maximum absolute atomic E-state index is 6.16. The van der Waals surface area contributed by atoms with Gasteiger partial charge in [-0.1, -0.05) is 13.0 Å². The Bertz CT molecular complexity index is 386. The Labute approximate surface area is 116 Å². The highest BCUT2D eigenvalue weighted by Gasteiger charge is 2.18. The smallest absolute Gasteiger partial charge is 0.127 e. The van der Waals surface area contributed by atoms with E-state index in [-0.39, 0.29) is 0 Å². The summed E-state index contributed by atoms with van der Waals surface area (Å²) in [5, 5.41) is 3.43. The zero-order chi connectivity index (χ0) is 13.5. The summed E-state index contributed by atoms with van der Waals surface area (Å²) in [5.74, 6) is 1.85. The van der Waals surface area contributed by atoms with Crippen LogP contribution in [0, 0.1) is 0 Å². The molecule has 0 bridgehead atoms. The molecule has 1 aliphatic carbocycles. The third-order valence-corrected chi connectivity index (χ3v) is 3.61. The Morgan fingerprint density at radius 3 is 2.74 bits per heavy atom. The molecular formula is C16H25NO2. The van der Waals surface area contributed by atoms with Crippen LogP contribution in [-0.4, -0.2) is 19.8 Å². The molecule has 0 spiro atoms. The molecule has 1 aromatic rings. The van der Waals surface area contributed by atoms with E-state index in [0.29, 0.717) is 6.10 Å². The van der Waals surface area contributed by atoms with E-state index in [1.54, 1.807) is 7.11 Å². The molecule has 3 heteroatoms. The van der Waals surface area contributed by atoms with Gasteiger partial charge in [0.15, 0.2) is 0 Å². The van der Waals surface area contributed by atoms with Crippen molar-refractivity contribution in [1.82, 2.24) is 5.32 Å². The van der Waals surface area contributed by atoms with Crippen molar-refractivity contribution >= 4 is 0 Å². The van der Waals surface area contributed by atoms with Crippen LogP contribution in [0.3, 0.4) is 0 Å². The number of rotatable bonds is 7. The summed E-state index contributed by atoms with van der Waals surface area (Å²) >= 11 is 0. The summed E-state index contributed by atoms with van der Waals surface area (Å²) in [4.78, 5) is 0. The highest BCUT2D eigenvalue weighted by atomic mass is 16.5. The first-order valence-corrected chi connectivity index (χ1v) is 7.37. The van der Waals surface area contributed by atoms with Crippen LogP contribution in [0.4, 0.5) is 0 Å². The molecule has 1 aliphatic rings. The molecule has 1 fully saturated rings. The third kappa shape index (κ3) is 4.13. The van der Waals surface area contributed by atoms with Crippen LogP contribution in [0.5, 0.6) is 11.5 Å². The predicted octanol–water partition coefficient (Wildman–Crippen LogP) is 3.52. The zero-order valence-corrected chi connectivity index (χ0v) is 12.1. The van der Waals surface area contributed by atoms with Crippen molar-refractivity contribution in [1.29, 1.82) is 0 Å². The van der Waals surface area contributed by atoms with Gasteiger partial charge in [-0.15, -0.1) is 0 Å². The van der Waals surface area contributed by atoms with Gasteiger partial charge in [0, 0.05) is 18.2 Å². The Hall–Kier alpha value is -1.22. The van der Waals surface area contributed by atoms with Crippen LogP contribution >= 0.6 is 0 Å². The van der Waals surface area contributed by atoms with Crippen molar-refractivity contribution in [3.05, 3.63) is 23.8 Å². The van der Waals surface area contributed by atoms with Crippen LogP contribution < -0.4 is 14.8 Å². The molecule has 0 aliphatic heterocycles. The molecule has 19 heavy (non-hydrogen) atoms. The normalized spacial score (nSPS) is 15.7. The second-order valence-corrected chi connectivity index (χ2v) is 5.17. The maximum atomic E-state index is 6.16. The molecule has 0 atom stereocenters. The summed E-state index contributed by atoms with van der Waals surface area (Å²) in [7, 11) is 1.70. The molecule has 1 saturated carbocycles. The van der Waals surface area contributed by atoms with Crippen molar-refractivity contribution in [3.8, 4) is 11.5 Å². The first-order chi connectivity index (χ1) is 9.33. The van der Waals surface area contributed by atoms with E-state index in [0.717, 1.165) is 31.0 Å². The van der Waals surface area contributed by atoms with E-state index in [4.69, 9.17) is 9.47 Å². The highest BCUT2D eigenvalue weighted by Crippen LogP contribution is 2.29. The average Bonchev–Trinajstić information content (AvgIpc) is 2.93. The van der Waals surface area contributed by atoms with E-state index in [9.17, 15) is 0 Å². The van der Waals surface area contributed by atoms with Gasteiger partial charge in [-0.3, -0.25) is 0 Å². The van der Waals surface area contributed by atoms with Crippen molar-refractivity contribution in [3.63, 3.8) is 0 Å². The minimum absolute atomic E-state index is 0.386. The molecule has 2 rings (SSSR count). The lowest BCUT2D eigenvalue weighted by Crippen LogP contribution is -2.17. The molecular weight excluding hydrogens is 238 g/mol. The average molecular weight is 263 g/mol. The summed E-state index contributed by atoms with van der Waals surface area (Å²) in [6, 6.07) is 6.12. The Morgan fingerprint density at radius 2 is 2.05 bits per heavy atom. The highest BCUT2D eigenvalue weighted by molar-refractivity contribution is 5.41. The number of hydrogen-bond acceptors (Lipinski definition) is 3. The number of methoxy groups -OCH3 is 1. The molecule has 0 aromatic heterocycles. The summed E-state index contributed by atoms with van der Waals surface area (Å²) in [6.07, 6.45) is 6.47. The maximum Gasteiger partial charge on any atom is 0.127 e. The summed E-state index contributed by atoms with van der Waals surface area (Å²) in [6.45, 7) is 4.08. The Balaban J connectivity index is 2.06. The SMILES string of the molecule is CCCNCc1ccc(OC)cc1OC1CCCC1. The first-order valence-electron chi connectivity index (χ1n) is 7.37. The Morgan fingerprint density at radius 1 is 1.26 bits per heavy atom. The lowest BCUT2D eigenvalue weighted by atomic mass is 10.1. The molecule has 0 saturated heterocycles. The Kier molecular flexibility index (Phi) is 5.52. The monoisotopic (exact) mass is 263 g/mol. The summed E-state index contributed by atoms with van der Waals surface area (Å²) < 4.78 is 11.5. The fourth-order valence-corrected chi connectivity index (χ4v) is 2.50. The molecule has 1 N–H and O–H groups in total. The van der Waals surface area contributed by atoms with Crippen LogP contribution in [0.15, 0.2) is 18.2 Å². The van der Waals surface area contributed by atoms with Gasteiger partial charge < -0.3 is 14.8 Å². The molecule has 0 heterocycles. The second kappa shape index (κ2) is 7.39.